The Hall–Kier alpha value is -2.25. The molecule has 8 heteroatoms. The van der Waals surface area contributed by atoms with Gasteiger partial charge in [-0.15, -0.1) is 0 Å². The van der Waals surface area contributed by atoms with Crippen molar-refractivity contribution in [3.8, 4) is 5.75 Å². The van der Waals surface area contributed by atoms with Crippen LogP contribution in [0, 0.1) is 5.41 Å². The second kappa shape index (κ2) is 7.05. The number of halogens is 1. The number of nitrogens with zero attached hydrogens (tertiary/aromatic N) is 1. The van der Waals surface area contributed by atoms with E-state index in [1.165, 1.54) is 4.90 Å². The van der Waals surface area contributed by atoms with Crippen molar-refractivity contribution in [2.24, 2.45) is 5.41 Å². The van der Waals surface area contributed by atoms with Gasteiger partial charge in [0.1, 0.15) is 12.4 Å². The summed E-state index contributed by atoms with van der Waals surface area (Å²) in [7, 11) is -1.93. The monoisotopic (exact) mass is 408 g/mol. The second-order valence-electron chi connectivity index (χ2n) is 7.21. The first-order valence-electron chi connectivity index (χ1n) is 8.37. The zero-order valence-corrected chi connectivity index (χ0v) is 16.9. The summed E-state index contributed by atoms with van der Waals surface area (Å²) in [6.07, 6.45) is 0. The van der Waals surface area contributed by atoms with Gasteiger partial charge in [0.25, 0.3) is 0 Å². The molecule has 2 aromatic rings. The summed E-state index contributed by atoms with van der Waals surface area (Å²) in [5.74, 6) is 0.230. The number of hydrogen-bond donors (Lipinski definition) is 1. The number of anilines is 2. The van der Waals surface area contributed by atoms with Crippen molar-refractivity contribution in [3.05, 3.63) is 53.1 Å². The average Bonchev–Trinajstić information content (AvgIpc) is 2.67. The number of fused-ring (bicyclic) bond motifs is 1. The van der Waals surface area contributed by atoms with E-state index in [0.717, 1.165) is 0 Å². The quantitative estimate of drug-likeness (QED) is 0.837. The predicted molar refractivity (Wildman–Crippen MR) is 107 cm³/mol. The molecule has 144 valence electrons. The Morgan fingerprint density at radius 2 is 1.85 bits per heavy atom. The predicted octanol–water partition coefficient (Wildman–Crippen LogP) is 3.66. The van der Waals surface area contributed by atoms with Gasteiger partial charge in [0.05, 0.1) is 22.5 Å². The van der Waals surface area contributed by atoms with Gasteiger partial charge in [0.2, 0.25) is 15.9 Å². The highest BCUT2D eigenvalue weighted by molar-refractivity contribution is 7.91. The normalized spacial score (nSPS) is 16.3. The lowest BCUT2D eigenvalue weighted by Gasteiger charge is -2.24. The molecule has 1 amide bonds. The number of ether oxygens (including phenoxy) is 1. The van der Waals surface area contributed by atoms with Crippen molar-refractivity contribution in [1.82, 2.24) is 0 Å². The molecule has 3 rings (SSSR count). The molecule has 2 aromatic carbocycles. The van der Waals surface area contributed by atoms with Crippen LogP contribution in [0.1, 0.15) is 19.4 Å². The van der Waals surface area contributed by atoms with Crippen LogP contribution in [0.2, 0.25) is 5.02 Å². The van der Waals surface area contributed by atoms with Crippen LogP contribution in [0.5, 0.6) is 5.75 Å². The lowest BCUT2D eigenvalue weighted by molar-refractivity contribution is -0.127. The van der Waals surface area contributed by atoms with Gasteiger partial charge in [-0.3, -0.25) is 9.52 Å². The van der Waals surface area contributed by atoms with E-state index in [4.69, 9.17) is 16.3 Å². The van der Waals surface area contributed by atoms with Crippen LogP contribution < -0.4 is 14.4 Å². The first-order chi connectivity index (χ1) is 12.6. The van der Waals surface area contributed by atoms with Crippen LogP contribution in [0.4, 0.5) is 11.4 Å². The summed E-state index contributed by atoms with van der Waals surface area (Å²) in [6, 6.07) is 11.5. The maximum atomic E-state index is 12.5. The Morgan fingerprint density at radius 1 is 1.19 bits per heavy atom. The maximum Gasteiger partial charge on any atom is 0.236 e. The number of benzene rings is 2. The molecule has 1 N–H and O–H groups in total. The standard InChI is InChI=1S/C19H21ClN2O4S/c1-19(2)12-26-17-10-15(8-9-16(17)22(3)18(19)23)21-27(24,25)11-13-4-6-14(20)7-5-13/h4-10,21H,11-12H2,1-3H3. The molecule has 0 fully saturated rings. The minimum absolute atomic E-state index is 0.0580. The average molecular weight is 409 g/mol. The number of amides is 1. The molecule has 1 heterocycles. The van der Waals surface area contributed by atoms with E-state index < -0.39 is 15.4 Å². The van der Waals surface area contributed by atoms with Gasteiger partial charge in [0.15, 0.2) is 0 Å². The molecular weight excluding hydrogens is 388 g/mol. The third-order valence-electron chi connectivity index (χ3n) is 4.34. The number of carbonyl (C=O) groups is 1. The number of sulfonamides is 1. The van der Waals surface area contributed by atoms with Crippen molar-refractivity contribution in [1.29, 1.82) is 0 Å². The molecule has 1 aliphatic heterocycles. The highest BCUT2D eigenvalue weighted by atomic mass is 35.5. The molecule has 0 spiro atoms. The van der Waals surface area contributed by atoms with Crippen molar-refractivity contribution in [2.75, 3.05) is 23.3 Å². The summed E-state index contributed by atoms with van der Waals surface area (Å²) in [5.41, 5.74) is 0.946. The molecule has 27 heavy (non-hydrogen) atoms. The fourth-order valence-electron chi connectivity index (χ4n) is 2.87. The molecular formula is C19H21ClN2O4S. The number of rotatable bonds is 4. The first kappa shape index (κ1) is 19.5. The minimum Gasteiger partial charge on any atom is -0.490 e. The Morgan fingerprint density at radius 3 is 2.52 bits per heavy atom. The number of carbonyl (C=O) groups excluding carboxylic acids is 1. The van der Waals surface area contributed by atoms with Gasteiger partial charge in [-0.25, -0.2) is 8.42 Å². The largest absolute Gasteiger partial charge is 0.490 e. The van der Waals surface area contributed by atoms with Crippen molar-refractivity contribution >= 4 is 38.9 Å². The Bertz CT molecular complexity index is 972. The van der Waals surface area contributed by atoms with Crippen LogP contribution in [0.3, 0.4) is 0 Å². The van der Waals surface area contributed by atoms with Gasteiger partial charge in [-0.2, -0.15) is 0 Å². The molecule has 0 saturated heterocycles. The number of hydrogen-bond acceptors (Lipinski definition) is 4. The first-order valence-corrected chi connectivity index (χ1v) is 10.4. The summed E-state index contributed by atoms with van der Waals surface area (Å²) < 4.78 is 33.3. The number of nitrogens with one attached hydrogen (secondary N) is 1. The molecule has 0 saturated carbocycles. The molecule has 1 aliphatic rings. The van der Waals surface area contributed by atoms with E-state index in [0.29, 0.717) is 27.7 Å². The molecule has 0 aliphatic carbocycles. The van der Waals surface area contributed by atoms with Crippen molar-refractivity contribution in [2.45, 2.75) is 19.6 Å². The van der Waals surface area contributed by atoms with Crippen LogP contribution >= 0.6 is 11.6 Å². The highest BCUT2D eigenvalue weighted by Crippen LogP contribution is 2.37. The summed E-state index contributed by atoms with van der Waals surface area (Å²) in [5, 5.41) is 0.550. The lowest BCUT2D eigenvalue weighted by Crippen LogP contribution is -2.39. The molecule has 0 atom stereocenters. The van der Waals surface area contributed by atoms with E-state index in [1.54, 1.807) is 49.5 Å². The summed E-state index contributed by atoms with van der Waals surface area (Å²) in [6.45, 7) is 3.84. The molecule has 0 radical (unpaired) electrons. The topological polar surface area (TPSA) is 75.7 Å². The maximum absolute atomic E-state index is 12.5. The minimum atomic E-state index is -3.61. The Kier molecular flexibility index (Phi) is 5.10. The van der Waals surface area contributed by atoms with Gasteiger partial charge >= 0.3 is 0 Å². The SMILES string of the molecule is CN1C(=O)C(C)(C)COc2cc(NS(=O)(=O)Cc3ccc(Cl)cc3)ccc21. The van der Waals surface area contributed by atoms with Crippen LogP contribution in [-0.2, 0) is 20.6 Å². The third kappa shape index (κ3) is 4.36. The van der Waals surface area contributed by atoms with Crippen LogP contribution in [0.15, 0.2) is 42.5 Å². The molecule has 0 bridgehead atoms. The van der Waals surface area contributed by atoms with Crippen molar-refractivity contribution in [3.63, 3.8) is 0 Å². The van der Waals surface area contributed by atoms with Gasteiger partial charge < -0.3 is 9.64 Å². The fraction of sp³-hybridized carbons (Fsp3) is 0.316. The fourth-order valence-corrected chi connectivity index (χ4v) is 4.18. The van der Waals surface area contributed by atoms with Gasteiger partial charge in [-0.1, -0.05) is 23.7 Å². The van der Waals surface area contributed by atoms with E-state index in [1.807, 2.05) is 13.8 Å². The second-order valence-corrected chi connectivity index (χ2v) is 9.37. The van der Waals surface area contributed by atoms with Gasteiger partial charge in [-0.05, 0) is 43.7 Å². The zero-order valence-electron chi connectivity index (χ0n) is 15.3. The zero-order chi connectivity index (χ0) is 19.8. The van der Waals surface area contributed by atoms with Crippen LogP contribution in [-0.4, -0.2) is 28.0 Å². The lowest BCUT2D eigenvalue weighted by atomic mass is 9.93. The molecule has 0 aromatic heterocycles. The summed E-state index contributed by atoms with van der Waals surface area (Å²) >= 11 is 5.83. The third-order valence-corrected chi connectivity index (χ3v) is 5.85. The Labute approximate surface area is 164 Å². The van der Waals surface area contributed by atoms with E-state index >= 15 is 0 Å². The van der Waals surface area contributed by atoms with E-state index in [9.17, 15) is 13.2 Å². The molecule has 6 nitrogen and oxygen atoms in total. The highest BCUT2D eigenvalue weighted by Gasteiger charge is 2.36. The summed E-state index contributed by atoms with van der Waals surface area (Å²) in [4.78, 5) is 14.0. The van der Waals surface area contributed by atoms with Crippen LogP contribution in [0.25, 0.3) is 0 Å². The molecule has 0 unspecified atom stereocenters. The Balaban J connectivity index is 1.82. The smallest absolute Gasteiger partial charge is 0.236 e. The van der Waals surface area contributed by atoms with E-state index in [2.05, 4.69) is 4.72 Å². The van der Waals surface area contributed by atoms with E-state index in [-0.39, 0.29) is 18.3 Å². The van der Waals surface area contributed by atoms with Gasteiger partial charge in [0, 0.05) is 18.1 Å². The van der Waals surface area contributed by atoms with Crippen molar-refractivity contribution < 1.29 is 17.9 Å².